The lowest BCUT2D eigenvalue weighted by Crippen LogP contribution is -2.27. The maximum absolute atomic E-state index is 11.6. The van der Waals surface area contributed by atoms with Gasteiger partial charge in [-0.05, 0) is 33.6 Å². The number of halogens is 1. The molecule has 0 fully saturated rings. The highest BCUT2D eigenvalue weighted by Crippen LogP contribution is 2.36. The Labute approximate surface area is 136 Å². The number of carbonyl (C=O) groups is 1. The number of methoxy groups -OCH3 is 1. The molecule has 0 spiro atoms. The molecule has 120 valence electrons. The Morgan fingerprint density at radius 2 is 2.09 bits per heavy atom. The van der Waals surface area contributed by atoms with Crippen LogP contribution in [0, 0.1) is 0 Å². The predicted molar refractivity (Wildman–Crippen MR) is 88.3 cm³/mol. The Hall–Kier alpha value is -2.29. The summed E-state index contributed by atoms with van der Waals surface area (Å²) in [6, 6.07) is 3.43. The second-order valence-corrected chi connectivity index (χ2v) is 5.23. The van der Waals surface area contributed by atoms with Crippen molar-refractivity contribution in [2.24, 2.45) is 21.7 Å². The van der Waals surface area contributed by atoms with Gasteiger partial charge in [0.25, 0.3) is 5.91 Å². The van der Waals surface area contributed by atoms with Crippen molar-refractivity contribution in [2.75, 3.05) is 27.8 Å². The van der Waals surface area contributed by atoms with Crippen LogP contribution in [0.3, 0.4) is 0 Å². The zero-order valence-electron chi connectivity index (χ0n) is 12.5. The summed E-state index contributed by atoms with van der Waals surface area (Å²) >= 11 is 3.37. The van der Waals surface area contributed by atoms with E-state index in [1.165, 1.54) is 18.2 Å². The molecule has 0 aliphatic rings. The van der Waals surface area contributed by atoms with Crippen molar-refractivity contribution in [1.29, 1.82) is 0 Å². The summed E-state index contributed by atoms with van der Waals surface area (Å²) in [5, 5.41) is 7.23. The van der Waals surface area contributed by atoms with Crippen LogP contribution in [-0.4, -0.2) is 50.8 Å². The summed E-state index contributed by atoms with van der Waals surface area (Å²) in [6.07, 6.45) is 1.46. The van der Waals surface area contributed by atoms with E-state index in [2.05, 4.69) is 26.1 Å². The molecule has 22 heavy (non-hydrogen) atoms. The van der Waals surface area contributed by atoms with Gasteiger partial charge in [-0.2, -0.15) is 5.10 Å². The fourth-order valence-electron chi connectivity index (χ4n) is 1.38. The number of ether oxygens (including phenoxy) is 2. The second kappa shape index (κ2) is 8.23. The lowest BCUT2D eigenvalue weighted by atomic mass is 10.2. The second-order valence-electron chi connectivity index (χ2n) is 4.38. The van der Waals surface area contributed by atoms with Crippen LogP contribution in [-0.2, 0) is 4.79 Å². The number of benzene rings is 1. The van der Waals surface area contributed by atoms with E-state index in [1.54, 1.807) is 26.2 Å². The number of hydrogen-bond donors (Lipinski definition) is 2. The highest BCUT2D eigenvalue weighted by molar-refractivity contribution is 9.10. The molecule has 0 saturated carbocycles. The molecule has 8 nitrogen and oxygen atoms in total. The van der Waals surface area contributed by atoms with Gasteiger partial charge in [0.1, 0.15) is 0 Å². The minimum absolute atomic E-state index is 0.0939. The van der Waals surface area contributed by atoms with Crippen molar-refractivity contribution in [3.05, 3.63) is 22.2 Å². The van der Waals surface area contributed by atoms with Gasteiger partial charge in [0, 0.05) is 14.1 Å². The third kappa shape index (κ3) is 5.24. The van der Waals surface area contributed by atoms with Gasteiger partial charge in [-0.15, -0.1) is 5.10 Å². The number of nitrogens with zero attached hydrogens (tertiary/aromatic N) is 3. The molecule has 1 aromatic carbocycles. The zero-order valence-corrected chi connectivity index (χ0v) is 14.1. The normalized spacial score (nSPS) is 10.4. The van der Waals surface area contributed by atoms with Gasteiger partial charge in [-0.3, -0.25) is 4.79 Å². The quantitative estimate of drug-likeness (QED) is 0.429. The molecule has 9 heteroatoms. The van der Waals surface area contributed by atoms with Gasteiger partial charge in [0.2, 0.25) is 5.96 Å². The van der Waals surface area contributed by atoms with Crippen LogP contribution >= 0.6 is 15.9 Å². The number of amides is 1. The van der Waals surface area contributed by atoms with Gasteiger partial charge in [0.15, 0.2) is 18.1 Å². The van der Waals surface area contributed by atoms with E-state index in [4.69, 9.17) is 20.9 Å². The molecule has 0 aliphatic heterocycles. The Morgan fingerprint density at radius 3 is 2.64 bits per heavy atom. The van der Waals surface area contributed by atoms with E-state index in [1.807, 2.05) is 0 Å². The summed E-state index contributed by atoms with van der Waals surface area (Å²) in [6.45, 7) is -0.0939. The van der Waals surface area contributed by atoms with Crippen LogP contribution < -0.4 is 20.9 Å². The number of nitrogens with two attached hydrogens (primary N) is 2. The summed E-state index contributed by atoms with van der Waals surface area (Å²) in [5.41, 5.74) is 11.1. The predicted octanol–water partition coefficient (Wildman–Crippen LogP) is 0.532. The van der Waals surface area contributed by atoms with Crippen molar-refractivity contribution in [3.8, 4) is 11.5 Å². The molecule has 0 unspecified atom stereocenters. The highest BCUT2D eigenvalue weighted by Gasteiger charge is 2.13. The van der Waals surface area contributed by atoms with Crippen molar-refractivity contribution < 1.29 is 14.3 Å². The van der Waals surface area contributed by atoms with Crippen molar-refractivity contribution >= 4 is 34.0 Å². The molecule has 4 N–H and O–H groups in total. The van der Waals surface area contributed by atoms with Gasteiger partial charge >= 0.3 is 0 Å². The molecule has 0 aromatic heterocycles. The summed E-state index contributed by atoms with van der Waals surface area (Å²) in [7, 11) is 4.81. The molecular weight excluding hydrogens is 354 g/mol. The minimum atomic E-state index is -0.160. The van der Waals surface area contributed by atoms with E-state index < -0.39 is 0 Å². The van der Waals surface area contributed by atoms with Crippen LogP contribution in [0.1, 0.15) is 5.56 Å². The van der Waals surface area contributed by atoms with Crippen LogP contribution in [0.4, 0.5) is 0 Å². The third-order valence-corrected chi connectivity index (χ3v) is 3.06. The molecule has 1 aromatic rings. The first-order valence-electron chi connectivity index (χ1n) is 6.17. The molecule has 1 rings (SSSR count). The van der Waals surface area contributed by atoms with E-state index >= 15 is 0 Å². The third-order valence-electron chi connectivity index (χ3n) is 2.47. The van der Waals surface area contributed by atoms with E-state index in [9.17, 15) is 4.79 Å². The molecule has 0 aliphatic carbocycles. The standard InChI is InChI=1S/C13H18BrN5O3/c1-19(2)11(20)7-22-12-9(14)4-8(5-10(12)21-3)6-17-18-13(15)16/h4-6H,7H2,1-3H3,(H4,15,16,18)/b17-6+. The molecule has 0 heterocycles. The molecule has 0 bridgehead atoms. The summed E-state index contributed by atoms with van der Waals surface area (Å²) < 4.78 is 11.4. The van der Waals surface area contributed by atoms with Crippen LogP contribution in [0.2, 0.25) is 0 Å². The number of hydrogen-bond acceptors (Lipinski definition) is 5. The van der Waals surface area contributed by atoms with Crippen molar-refractivity contribution in [3.63, 3.8) is 0 Å². The first-order chi connectivity index (χ1) is 10.3. The zero-order chi connectivity index (χ0) is 16.7. The van der Waals surface area contributed by atoms with Crippen LogP contribution in [0.5, 0.6) is 11.5 Å². The topological polar surface area (TPSA) is 116 Å². The minimum Gasteiger partial charge on any atom is -0.493 e. The van der Waals surface area contributed by atoms with E-state index in [0.29, 0.717) is 21.5 Å². The Balaban J connectivity index is 2.98. The molecule has 1 amide bonds. The molecular formula is C13H18BrN5O3. The van der Waals surface area contributed by atoms with Crippen molar-refractivity contribution in [2.45, 2.75) is 0 Å². The number of carbonyl (C=O) groups excluding carboxylic acids is 1. The Bertz CT molecular complexity index is 598. The van der Waals surface area contributed by atoms with Crippen LogP contribution in [0.15, 0.2) is 26.8 Å². The van der Waals surface area contributed by atoms with Crippen molar-refractivity contribution in [1.82, 2.24) is 4.90 Å². The smallest absolute Gasteiger partial charge is 0.259 e. The van der Waals surface area contributed by atoms with Gasteiger partial charge in [-0.25, -0.2) is 0 Å². The Morgan fingerprint density at radius 1 is 1.41 bits per heavy atom. The van der Waals surface area contributed by atoms with Gasteiger partial charge in [-0.1, -0.05) is 0 Å². The first-order valence-corrected chi connectivity index (χ1v) is 6.97. The molecule has 0 atom stereocenters. The lowest BCUT2D eigenvalue weighted by Gasteiger charge is -2.15. The SMILES string of the molecule is COc1cc(/C=N/N=C(N)N)cc(Br)c1OCC(=O)N(C)C. The molecule has 0 radical (unpaired) electrons. The van der Waals surface area contributed by atoms with Gasteiger partial charge < -0.3 is 25.8 Å². The van der Waals surface area contributed by atoms with Gasteiger partial charge in [0.05, 0.1) is 17.8 Å². The molecule has 0 saturated heterocycles. The Kier molecular flexibility index (Phi) is 6.64. The monoisotopic (exact) mass is 371 g/mol. The number of rotatable bonds is 6. The average molecular weight is 372 g/mol. The maximum Gasteiger partial charge on any atom is 0.259 e. The largest absolute Gasteiger partial charge is 0.493 e. The fraction of sp³-hybridized carbons (Fsp3) is 0.308. The maximum atomic E-state index is 11.6. The fourth-order valence-corrected chi connectivity index (χ4v) is 1.95. The highest BCUT2D eigenvalue weighted by atomic mass is 79.9. The summed E-state index contributed by atoms with van der Waals surface area (Å²) in [4.78, 5) is 13.0. The lowest BCUT2D eigenvalue weighted by molar-refractivity contribution is -0.130. The number of likely N-dealkylation sites (N-methyl/N-ethyl adjacent to an activating group) is 1. The average Bonchev–Trinajstić information content (AvgIpc) is 2.44. The summed E-state index contributed by atoms with van der Waals surface area (Å²) in [5.74, 6) is 0.584. The number of guanidine groups is 1. The van der Waals surface area contributed by atoms with E-state index in [0.717, 1.165) is 0 Å². The van der Waals surface area contributed by atoms with Crippen LogP contribution in [0.25, 0.3) is 0 Å². The van der Waals surface area contributed by atoms with E-state index in [-0.39, 0.29) is 18.5 Å². The first kappa shape index (κ1) is 17.8.